The van der Waals surface area contributed by atoms with Gasteiger partial charge in [-0.1, -0.05) is 17.3 Å². The molecule has 0 aliphatic rings. The van der Waals surface area contributed by atoms with Crippen LogP contribution in [0.1, 0.15) is 35.5 Å². The number of alkyl halides is 3. The molecule has 30 heavy (non-hydrogen) atoms. The summed E-state index contributed by atoms with van der Waals surface area (Å²) >= 11 is 0. The van der Waals surface area contributed by atoms with E-state index in [-0.39, 0.29) is 40.9 Å². The van der Waals surface area contributed by atoms with E-state index in [1.807, 2.05) is 0 Å². The first-order chi connectivity index (χ1) is 14.2. The maximum atomic E-state index is 13.2. The van der Waals surface area contributed by atoms with Crippen LogP contribution in [0.15, 0.2) is 34.9 Å². The zero-order chi connectivity index (χ0) is 22.1. The van der Waals surface area contributed by atoms with Gasteiger partial charge in [-0.15, -0.1) is 0 Å². The second-order valence-corrected chi connectivity index (χ2v) is 6.96. The van der Waals surface area contributed by atoms with E-state index in [9.17, 15) is 18.0 Å². The van der Waals surface area contributed by atoms with Crippen LogP contribution < -0.4 is 0 Å². The molecule has 0 aliphatic heterocycles. The Kier molecular flexibility index (Phi) is 5.78. The largest absolute Gasteiger partial charge is 0.416 e. The van der Waals surface area contributed by atoms with Gasteiger partial charge in [0, 0.05) is 18.7 Å². The Balaban J connectivity index is 2.15. The van der Waals surface area contributed by atoms with E-state index in [0.717, 1.165) is 12.1 Å². The molecule has 0 fully saturated rings. The molecule has 1 aromatic carbocycles. The number of halogens is 3. The van der Waals surface area contributed by atoms with Crippen molar-refractivity contribution in [2.75, 3.05) is 13.1 Å². The van der Waals surface area contributed by atoms with Gasteiger partial charge in [-0.3, -0.25) is 4.79 Å². The molecule has 9 heteroatoms. The highest BCUT2D eigenvalue weighted by Crippen LogP contribution is 2.33. The van der Waals surface area contributed by atoms with Crippen LogP contribution in [0.5, 0.6) is 0 Å². The van der Waals surface area contributed by atoms with Gasteiger partial charge in [-0.2, -0.15) is 18.4 Å². The fourth-order valence-electron chi connectivity index (χ4n) is 3.16. The molecule has 0 bridgehead atoms. The van der Waals surface area contributed by atoms with Gasteiger partial charge in [-0.05, 0) is 39.0 Å². The highest BCUT2D eigenvalue weighted by Gasteiger charge is 2.31. The lowest BCUT2D eigenvalue weighted by Crippen LogP contribution is -2.34. The number of hydrogen-bond donors (Lipinski definition) is 0. The summed E-state index contributed by atoms with van der Waals surface area (Å²) in [6, 6.07) is 8.25. The molecule has 0 spiro atoms. The van der Waals surface area contributed by atoms with E-state index in [1.54, 1.807) is 20.8 Å². The van der Waals surface area contributed by atoms with Gasteiger partial charge < -0.3 is 9.42 Å². The summed E-state index contributed by atoms with van der Waals surface area (Å²) in [5, 5.41) is 13.3. The summed E-state index contributed by atoms with van der Waals surface area (Å²) in [7, 11) is 0. The average Bonchev–Trinajstić information content (AvgIpc) is 3.11. The Bertz CT molecular complexity index is 1130. The highest BCUT2D eigenvalue weighted by molar-refractivity contribution is 6.07. The van der Waals surface area contributed by atoms with Gasteiger partial charge in [0.2, 0.25) is 0 Å². The number of fused-ring (bicyclic) bond motifs is 1. The van der Waals surface area contributed by atoms with E-state index in [1.165, 1.54) is 23.1 Å². The number of amides is 1. The molecule has 2 heterocycles. The fraction of sp³-hybridized carbons (Fsp3) is 0.333. The van der Waals surface area contributed by atoms with E-state index < -0.39 is 11.7 Å². The lowest BCUT2D eigenvalue weighted by atomic mass is 10.0. The molecule has 156 valence electrons. The first-order valence-electron chi connectivity index (χ1n) is 9.29. The predicted molar refractivity (Wildman–Crippen MR) is 103 cm³/mol. The minimum Gasteiger partial charge on any atom is -0.338 e. The second-order valence-electron chi connectivity index (χ2n) is 6.96. The molecule has 0 N–H and O–H groups in total. The van der Waals surface area contributed by atoms with Gasteiger partial charge in [0.1, 0.15) is 0 Å². The molecular formula is C21H19F3N4O2. The van der Waals surface area contributed by atoms with Crippen molar-refractivity contribution >= 4 is 17.0 Å². The van der Waals surface area contributed by atoms with Crippen LogP contribution in [0.3, 0.4) is 0 Å². The molecule has 0 saturated heterocycles. The molecule has 0 saturated carbocycles. The Morgan fingerprint density at radius 1 is 1.33 bits per heavy atom. The number of aromatic nitrogens is 2. The van der Waals surface area contributed by atoms with Crippen molar-refractivity contribution in [2.24, 2.45) is 5.92 Å². The Morgan fingerprint density at radius 2 is 2.07 bits per heavy atom. The minimum atomic E-state index is -4.51. The van der Waals surface area contributed by atoms with E-state index >= 15 is 0 Å². The summed E-state index contributed by atoms with van der Waals surface area (Å²) < 4.78 is 44.6. The molecule has 3 aromatic rings. The number of benzene rings is 1. The third kappa shape index (κ3) is 4.13. The van der Waals surface area contributed by atoms with Crippen LogP contribution in [0.2, 0.25) is 0 Å². The number of rotatable bonds is 5. The number of nitrogens with zero attached hydrogens (tertiary/aromatic N) is 4. The summed E-state index contributed by atoms with van der Waals surface area (Å²) in [5.74, 6) is -0.746. The standard InChI is InChI=1S/C21H19F3N4O2/c1-4-28(11-12(2)10-25)20(29)16-9-17(26-19-18(16)13(3)27-30-19)14-6-5-7-15(8-14)21(22,23)24/h5-9,12H,4,11H2,1-3H3. The topological polar surface area (TPSA) is 83.0 Å². The van der Waals surface area contributed by atoms with E-state index in [4.69, 9.17) is 9.78 Å². The molecule has 6 nitrogen and oxygen atoms in total. The number of carbonyl (C=O) groups is 1. The highest BCUT2D eigenvalue weighted by atomic mass is 19.4. The molecule has 2 aromatic heterocycles. The predicted octanol–water partition coefficient (Wildman–Crippen LogP) is 4.84. The third-order valence-corrected chi connectivity index (χ3v) is 4.72. The number of pyridine rings is 1. The third-order valence-electron chi connectivity index (χ3n) is 4.72. The van der Waals surface area contributed by atoms with Gasteiger partial charge in [0.05, 0.1) is 39.9 Å². The number of nitriles is 1. The Labute approximate surface area is 170 Å². The normalized spacial score (nSPS) is 12.6. The second kappa shape index (κ2) is 8.14. The maximum Gasteiger partial charge on any atom is 0.416 e. The number of carbonyl (C=O) groups excluding carboxylic acids is 1. The number of hydrogen-bond acceptors (Lipinski definition) is 5. The zero-order valence-electron chi connectivity index (χ0n) is 16.6. The quantitative estimate of drug-likeness (QED) is 0.594. The minimum absolute atomic E-state index is 0.0650. The monoisotopic (exact) mass is 416 g/mol. The van der Waals surface area contributed by atoms with Crippen molar-refractivity contribution in [3.8, 4) is 17.3 Å². The summed E-state index contributed by atoms with van der Waals surface area (Å²) in [5.41, 5.74) is 0.274. The maximum absolute atomic E-state index is 13.2. The van der Waals surface area contributed by atoms with Crippen LogP contribution in [0.4, 0.5) is 13.2 Å². The van der Waals surface area contributed by atoms with Crippen LogP contribution in [0.25, 0.3) is 22.4 Å². The lowest BCUT2D eigenvalue weighted by molar-refractivity contribution is -0.137. The lowest BCUT2D eigenvalue weighted by Gasteiger charge is -2.22. The molecular weight excluding hydrogens is 397 g/mol. The SMILES string of the molecule is CCN(CC(C)C#N)C(=O)c1cc(-c2cccc(C(F)(F)F)c2)nc2onc(C)c12. The number of aryl methyl sites for hydroxylation is 1. The van der Waals surface area contributed by atoms with Crippen molar-refractivity contribution in [3.63, 3.8) is 0 Å². The van der Waals surface area contributed by atoms with Gasteiger partial charge in [-0.25, -0.2) is 4.98 Å². The van der Waals surface area contributed by atoms with Gasteiger partial charge in [0.15, 0.2) is 0 Å². The first kappa shape index (κ1) is 21.3. The summed E-state index contributed by atoms with van der Waals surface area (Å²) in [6.45, 7) is 5.73. The zero-order valence-corrected chi connectivity index (χ0v) is 16.6. The summed E-state index contributed by atoms with van der Waals surface area (Å²) in [6.07, 6.45) is -4.51. The summed E-state index contributed by atoms with van der Waals surface area (Å²) in [4.78, 5) is 19.0. The molecule has 1 atom stereocenters. The first-order valence-corrected chi connectivity index (χ1v) is 9.29. The van der Waals surface area contributed by atoms with Gasteiger partial charge >= 0.3 is 6.18 Å². The average molecular weight is 416 g/mol. The smallest absolute Gasteiger partial charge is 0.338 e. The molecule has 1 amide bonds. The van der Waals surface area contributed by atoms with E-state index in [0.29, 0.717) is 17.6 Å². The molecule has 0 radical (unpaired) electrons. The molecule has 3 rings (SSSR count). The Morgan fingerprint density at radius 3 is 2.70 bits per heavy atom. The van der Waals surface area contributed by atoms with Crippen molar-refractivity contribution in [1.29, 1.82) is 5.26 Å². The molecule has 1 unspecified atom stereocenters. The fourth-order valence-corrected chi connectivity index (χ4v) is 3.16. The van der Waals surface area contributed by atoms with Crippen molar-refractivity contribution in [1.82, 2.24) is 15.0 Å². The van der Waals surface area contributed by atoms with Crippen LogP contribution in [-0.4, -0.2) is 34.0 Å². The Hall–Kier alpha value is -3.41. The van der Waals surface area contributed by atoms with E-state index in [2.05, 4.69) is 16.2 Å². The molecule has 0 aliphatic carbocycles. The van der Waals surface area contributed by atoms with Crippen LogP contribution in [-0.2, 0) is 6.18 Å². The van der Waals surface area contributed by atoms with Crippen molar-refractivity contribution in [2.45, 2.75) is 26.9 Å². The van der Waals surface area contributed by atoms with Gasteiger partial charge in [0.25, 0.3) is 11.6 Å². The van der Waals surface area contributed by atoms with Crippen LogP contribution >= 0.6 is 0 Å². The van der Waals surface area contributed by atoms with Crippen molar-refractivity contribution < 1.29 is 22.5 Å². The van der Waals surface area contributed by atoms with Crippen LogP contribution in [0, 0.1) is 24.2 Å². The van der Waals surface area contributed by atoms with Crippen molar-refractivity contribution in [3.05, 3.63) is 47.2 Å².